The van der Waals surface area contributed by atoms with Crippen LogP contribution in [0.1, 0.15) is 31.2 Å². The van der Waals surface area contributed by atoms with E-state index < -0.39 is 6.09 Å². The van der Waals surface area contributed by atoms with E-state index >= 15 is 0 Å². The van der Waals surface area contributed by atoms with Gasteiger partial charge in [-0.2, -0.15) is 0 Å². The largest absolute Gasteiger partial charge is 0.443 e. The summed E-state index contributed by atoms with van der Waals surface area (Å²) >= 11 is 0. The van der Waals surface area contributed by atoms with Gasteiger partial charge in [0.2, 0.25) is 5.96 Å². The van der Waals surface area contributed by atoms with Crippen molar-refractivity contribution in [3.63, 3.8) is 0 Å². The summed E-state index contributed by atoms with van der Waals surface area (Å²) in [7, 11) is 1.74. The van der Waals surface area contributed by atoms with E-state index in [9.17, 15) is 4.79 Å². The molecule has 0 bridgehead atoms. The maximum absolute atomic E-state index is 11.7. The average Bonchev–Trinajstić information content (AvgIpc) is 2.61. The summed E-state index contributed by atoms with van der Waals surface area (Å²) in [5, 5.41) is 0. The van der Waals surface area contributed by atoms with E-state index in [0.29, 0.717) is 6.54 Å². The van der Waals surface area contributed by atoms with Crippen molar-refractivity contribution in [1.29, 1.82) is 0 Å². The van der Waals surface area contributed by atoms with Crippen molar-refractivity contribution in [1.82, 2.24) is 4.90 Å². The number of ether oxygens (including phenoxy) is 1. The SMILES string of the molecule is CN(CC#CC1=CCCCC1)/C(N)=N/C(=O)OCc1ccccc1. The van der Waals surface area contributed by atoms with Gasteiger partial charge in [-0.3, -0.25) is 0 Å². The lowest BCUT2D eigenvalue weighted by Gasteiger charge is -2.14. The molecule has 2 rings (SSSR count). The van der Waals surface area contributed by atoms with Gasteiger partial charge in [0.1, 0.15) is 6.61 Å². The number of guanidine groups is 1. The molecule has 0 atom stereocenters. The normalized spacial score (nSPS) is 14.2. The van der Waals surface area contributed by atoms with Gasteiger partial charge in [-0.15, -0.1) is 4.99 Å². The van der Waals surface area contributed by atoms with Crippen LogP contribution in [0.15, 0.2) is 47.0 Å². The van der Waals surface area contributed by atoms with E-state index in [1.807, 2.05) is 30.3 Å². The molecule has 0 spiro atoms. The van der Waals surface area contributed by atoms with Gasteiger partial charge in [-0.1, -0.05) is 48.2 Å². The first kappa shape index (κ1) is 17.6. The maximum atomic E-state index is 11.7. The quantitative estimate of drug-likeness (QED) is 0.527. The highest BCUT2D eigenvalue weighted by molar-refractivity contribution is 5.89. The van der Waals surface area contributed by atoms with Crippen molar-refractivity contribution in [3.8, 4) is 11.8 Å². The van der Waals surface area contributed by atoms with Gasteiger partial charge >= 0.3 is 6.09 Å². The minimum atomic E-state index is -0.703. The molecule has 5 nitrogen and oxygen atoms in total. The lowest BCUT2D eigenvalue weighted by Crippen LogP contribution is -2.35. The molecule has 1 aliphatic carbocycles. The molecule has 5 heteroatoms. The Morgan fingerprint density at radius 3 is 2.83 bits per heavy atom. The number of carbonyl (C=O) groups excluding carboxylic acids is 1. The molecule has 0 fully saturated rings. The summed E-state index contributed by atoms with van der Waals surface area (Å²) in [5.74, 6) is 6.31. The van der Waals surface area contributed by atoms with E-state index in [1.165, 1.54) is 18.4 Å². The number of nitrogens with zero attached hydrogens (tertiary/aromatic N) is 2. The van der Waals surface area contributed by atoms with Crippen molar-refractivity contribution in [2.45, 2.75) is 32.3 Å². The molecule has 0 radical (unpaired) electrons. The molecule has 1 aromatic rings. The van der Waals surface area contributed by atoms with Crippen LogP contribution in [0.25, 0.3) is 0 Å². The monoisotopic (exact) mass is 325 g/mol. The Hall–Kier alpha value is -2.74. The molecule has 126 valence electrons. The molecule has 2 N–H and O–H groups in total. The minimum absolute atomic E-state index is 0.0972. The number of allylic oxidation sites excluding steroid dienone is 2. The van der Waals surface area contributed by atoms with Crippen LogP contribution in [-0.2, 0) is 11.3 Å². The third-order valence-electron chi connectivity index (χ3n) is 3.66. The molecule has 0 unspecified atom stereocenters. The van der Waals surface area contributed by atoms with Gasteiger partial charge in [0.15, 0.2) is 0 Å². The number of rotatable bonds is 3. The number of hydrogen-bond acceptors (Lipinski definition) is 2. The fourth-order valence-electron chi connectivity index (χ4n) is 2.23. The first-order chi connectivity index (χ1) is 11.6. The van der Waals surface area contributed by atoms with Crippen molar-refractivity contribution in [2.75, 3.05) is 13.6 Å². The highest BCUT2D eigenvalue weighted by atomic mass is 16.5. The molecule has 0 saturated heterocycles. The molecule has 0 aliphatic heterocycles. The van der Waals surface area contributed by atoms with E-state index in [4.69, 9.17) is 10.5 Å². The van der Waals surface area contributed by atoms with Crippen LogP contribution in [0.3, 0.4) is 0 Å². The molecular formula is C19H23N3O2. The smallest absolute Gasteiger partial charge is 0.437 e. The fourth-order valence-corrected chi connectivity index (χ4v) is 2.23. The number of nitrogens with two attached hydrogens (primary N) is 1. The van der Waals surface area contributed by atoms with E-state index in [0.717, 1.165) is 18.4 Å². The van der Waals surface area contributed by atoms with Crippen LogP contribution < -0.4 is 5.73 Å². The van der Waals surface area contributed by atoms with Crippen molar-refractivity contribution in [2.24, 2.45) is 10.7 Å². The Bertz CT molecular complexity index is 669. The number of aliphatic imine (C=N–C) groups is 1. The summed E-state index contributed by atoms with van der Waals surface area (Å²) in [4.78, 5) is 17.1. The predicted molar refractivity (Wildman–Crippen MR) is 95.2 cm³/mol. The Balaban J connectivity index is 1.79. The third-order valence-corrected chi connectivity index (χ3v) is 3.66. The Labute approximate surface area is 143 Å². The zero-order valence-corrected chi connectivity index (χ0v) is 14.0. The summed E-state index contributed by atoms with van der Waals surface area (Å²) in [5.41, 5.74) is 7.89. The van der Waals surface area contributed by atoms with E-state index in [2.05, 4.69) is 22.9 Å². The minimum Gasteiger partial charge on any atom is -0.443 e. The highest BCUT2D eigenvalue weighted by Gasteiger charge is 2.06. The Morgan fingerprint density at radius 1 is 1.33 bits per heavy atom. The average molecular weight is 325 g/mol. The van der Waals surface area contributed by atoms with Gasteiger partial charge < -0.3 is 15.4 Å². The third kappa shape index (κ3) is 6.17. The molecule has 0 heterocycles. The molecule has 1 aromatic carbocycles. The summed E-state index contributed by atoms with van der Waals surface area (Å²) in [6.07, 6.45) is 6.09. The fraction of sp³-hybridized carbons (Fsp3) is 0.368. The van der Waals surface area contributed by atoms with Crippen LogP contribution >= 0.6 is 0 Å². The number of hydrogen-bond donors (Lipinski definition) is 1. The molecule has 0 saturated carbocycles. The van der Waals surface area contributed by atoms with Gasteiger partial charge in [0, 0.05) is 7.05 Å². The zero-order valence-electron chi connectivity index (χ0n) is 14.0. The molecule has 0 aromatic heterocycles. The van der Waals surface area contributed by atoms with Gasteiger partial charge in [-0.25, -0.2) is 4.79 Å². The van der Waals surface area contributed by atoms with Crippen LogP contribution in [0.2, 0.25) is 0 Å². The van der Waals surface area contributed by atoms with Crippen LogP contribution in [0.5, 0.6) is 0 Å². The Morgan fingerprint density at radius 2 is 2.12 bits per heavy atom. The molecule has 1 aliphatic rings. The van der Waals surface area contributed by atoms with Crippen molar-refractivity contribution in [3.05, 3.63) is 47.5 Å². The molecule has 24 heavy (non-hydrogen) atoms. The van der Waals surface area contributed by atoms with Crippen LogP contribution in [0.4, 0.5) is 4.79 Å². The first-order valence-corrected chi connectivity index (χ1v) is 8.09. The second-order valence-corrected chi connectivity index (χ2v) is 5.64. The number of benzene rings is 1. The van der Waals surface area contributed by atoms with Crippen LogP contribution in [0, 0.1) is 11.8 Å². The summed E-state index contributed by atoms with van der Waals surface area (Å²) in [6.45, 7) is 0.590. The summed E-state index contributed by atoms with van der Waals surface area (Å²) < 4.78 is 5.07. The summed E-state index contributed by atoms with van der Waals surface area (Å²) in [6, 6.07) is 9.43. The van der Waals surface area contributed by atoms with Gasteiger partial charge in [0.05, 0.1) is 6.54 Å². The second kappa shape index (κ2) is 9.41. The van der Waals surface area contributed by atoms with E-state index in [1.54, 1.807) is 11.9 Å². The standard InChI is InChI=1S/C19H23N3O2/c1-22(14-8-13-16-9-4-2-5-10-16)18(20)21-19(23)24-15-17-11-6-3-7-12-17/h3,6-7,9,11-12H,2,4-5,10,14-15H2,1H3,(H2,20,21,23). The van der Waals surface area contributed by atoms with E-state index in [-0.39, 0.29) is 12.6 Å². The highest BCUT2D eigenvalue weighted by Crippen LogP contribution is 2.15. The van der Waals surface area contributed by atoms with Crippen molar-refractivity contribution < 1.29 is 9.53 Å². The van der Waals surface area contributed by atoms with Crippen molar-refractivity contribution >= 4 is 12.1 Å². The first-order valence-electron chi connectivity index (χ1n) is 8.09. The van der Waals surface area contributed by atoms with Gasteiger partial charge in [-0.05, 0) is 36.8 Å². The Kier molecular flexibility index (Phi) is 6.91. The lowest BCUT2D eigenvalue weighted by molar-refractivity contribution is 0.150. The van der Waals surface area contributed by atoms with Gasteiger partial charge in [0.25, 0.3) is 0 Å². The molecular weight excluding hydrogens is 302 g/mol. The lowest BCUT2D eigenvalue weighted by atomic mass is 10.0. The van der Waals surface area contributed by atoms with Crippen LogP contribution in [-0.4, -0.2) is 30.5 Å². The second-order valence-electron chi connectivity index (χ2n) is 5.64. The number of amides is 1. The zero-order chi connectivity index (χ0) is 17.2. The predicted octanol–water partition coefficient (Wildman–Crippen LogP) is 3.07. The topological polar surface area (TPSA) is 67.9 Å². The maximum Gasteiger partial charge on any atom is 0.437 e. The number of carbonyl (C=O) groups is 1. The molecule has 1 amide bonds.